The van der Waals surface area contributed by atoms with Crippen molar-refractivity contribution < 1.29 is 14.7 Å². The van der Waals surface area contributed by atoms with Crippen LogP contribution in [0.25, 0.3) is 0 Å². The largest absolute Gasteiger partial charge is 0.480 e. The van der Waals surface area contributed by atoms with E-state index in [4.69, 9.17) is 5.11 Å². The number of rotatable bonds is 5. The summed E-state index contributed by atoms with van der Waals surface area (Å²) in [5.41, 5.74) is 0. The maximum absolute atomic E-state index is 12.0. The second-order valence-corrected chi connectivity index (χ2v) is 6.55. The van der Waals surface area contributed by atoms with Crippen molar-refractivity contribution in [2.24, 2.45) is 0 Å². The lowest BCUT2D eigenvalue weighted by Crippen LogP contribution is -2.57. The topological polar surface area (TPSA) is 72.9 Å². The fourth-order valence-electron chi connectivity index (χ4n) is 2.71. The van der Waals surface area contributed by atoms with Gasteiger partial charge in [0.25, 0.3) is 0 Å². The normalized spacial score (nSPS) is 26.2. The number of carboxylic acid groups (broad SMARTS) is 1. The molecule has 6 nitrogen and oxygen atoms in total. The molecular formula is C13H23N3O3S. The Morgan fingerprint density at radius 1 is 1.35 bits per heavy atom. The summed E-state index contributed by atoms with van der Waals surface area (Å²) in [6.45, 7) is 4.45. The number of amides is 2. The molecule has 1 saturated heterocycles. The molecule has 2 N–H and O–H groups in total. The van der Waals surface area contributed by atoms with Crippen LogP contribution >= 0.6 is 11.8 Å². The van der Waals surface area contributed by atoms with Gasteiger partial charge in [-0.05, 0) is 19.4 Å². The number of hydrogen-bond acceptors (Lipinski definition) is 4. The van der Waals surface area contributed by atoms with E-state index in [1.807, 2.05) is 28.5 Å². The number of carbonyl (C=O) groups excluding carboxylic acids is 1. The third-order valence-corrected chi connectivity index (χ3v) is 4.94. The SMILES string of the molecule is CCN(CC(=O)O)C1CC(NC(=O)N2CCSCC2)C1. The van der Waals surface area contributed by atoms with Crippen LogP contribution in [0.4, 0.5) is 4.79 Å². The van der Waals surface area contributed by atoms with E-state index in [1.165, 1.54) is 0 Å². The summed E-state index contributed by atoms with van der Waals surface area (Å²) in [5, 5.41) is 11.9. The fraction of sp³-hybridized carbons (Fsp3) is 0.846. The number of nitrogens with zero attached hydrogens (tertiary/aromatic N) is 2. The van der Waals surface area contributed by atoms with Crippen LogP contribution in [0.2, 0.25) is 0 Å². The molecular weight excluding hydrogens is 278 g/mol. The number of aliphatic carboxylic acids is 1. The molecule has 1 heterocycles. The van der Waals surface area contributed by atoms with Crippen molar-refractivity contribution in [2.75, 3.05) is 37.7 Å². The highest BCUT2D eigenvalue weighted by atomic mass is 32.2. The lowest BCUT2D eigenvalue weighted by atomic mass is 9.85. The molecule has 1 saturated carbocycles. The standard InChI is InChI=1S/C13H23N3O3S/c1-2-15(9-12(17)18)11-7-10(8-11)14-13(19)16-3-5-20-6-4-16/h10-11H,2-9H2,1H3,(H,14,19)(H,17,18). The van der Waals surface area contributed by atoms with Gasteiger partial charge in [0.05, 0.1) is 6.54 Å². The van der Waals surface area contributed by atoms with Gasteiger partial charge in [-0.15, -0.1) is 0 Å². The van der Waals surface area contributed by atoms with Gasteiger partial charge in [0.15, 0.2) is 0 Å². The summed E-state index contributed by atoms with van der Waals surface area (Å²) in [4.78, 5) is 26.6. The second kappa shape index (κ2) is 7.17. The highest BCUT2D eigenvalue weighted by Gasteiger charge is 2.35. The van der Waals surface area contributed by atoms with E-state index >= 15 is 0 Å². The molecule has 1 aliphatic carbocycles. The number of hydrogen-bond donors (Lipinski definition) is 2. The highest BCUT2D eigenvalue weighted by Crippen LogP contribution is 2.25. The minimum Gasteiger partial charge on any atom is -0.480 e. The lowest BCUT2D eigenvalue weighted by Gasteiger charge is -2.43. The zero-order valence-corrected chi connectivity index (χ0v) is 12.7. The Morgan fingerprint density at radius 2 is 2.00 bits per heavy atom. The number of nitrogens with one attached hydrogen (secondary N) is 1. The Hall–Kier alpha value is -0.950. The molecule has 2 rings (SSSR count). The van der Waals surface area contributed by atoms with Crippen molar-refractivity contribution in [3.63, 3.8) is 0 Å². The summed E-state index contributed by atoms with van der Waals surface area (Å²) in [6, 6.07) is 0.526. The van der Waals surface area contributed by atoms with E-state index in [0.29, 0.717) is 6.04 Å². The lowest BCUT2D eigenvalue weighted by molar-refractivity contribution is -0.139. The number of carboxylic acids is 1. The van der Waals surface area contributed by atoms with Gasteiger partial charge in [0.2, 0.25) is 0 Å². The first kappa shape index (κ1) is 15.4. The van der Waals surface area contributed by atoms with E-state index in [0.717, 1.165) is 44.0 Å². The van der Waals surface area contributed by atoms with Crippen LogP contribution in [0.1, 0.15) is 19.8 Å². The Bertz CT molecular complexity index is 355. The molecule has 2 amide bonds. The molecule has 0 spiro atoms. The first-order chi connectivity index (χ1) is 9.60. The van der Waals surface area contributed by atoms with Crippen molar-refractivity contribution >= 4 is 23.8 Å². The monoisotopic (exact) mass is 301 g/mol. The quantitative estimate of drug-likeness (QED) is 0.781. The Morgan fingerprint density at radius 3 is 2.55 bits per heavy atom. The van der Waals surface area contributed by atoms with Crippen LogP contribution in [-0.4, -0.2) is 76.7 Å². The van der Waals surface area contributed by atoms with E-state index in [1.54, 1.807) is 0 Å². The number of urea groups is 1. The molecule has 7 heteroatoms. The summed E-state index contributed by atoms with van der Waals surface area (Å²) in [5.74, 6) is 1.25. The van der Waals surface area contributed by atoms with Crippen LogP contribution in [0.3, 0.4) is 0 Å². The van der Waals surface area contributed by atoms with Gasteiger partial charge < -0.3 is 15.3 Å². The Kier molecular flexibility index (Phi) is 5.54. The summed E-state index contributed by atoms with van der Waals surface area (Å²) < 4.78 is 0. The zero-order chi connectivity index (χ0) is 14.5. The Balaban J connectivity index is 1.70. The number of likely N-dealkylation sites (N-methyl/N-ethyl adjacent to an activating group) is 1. The second-order valence-electron chi connectivity index (χ2n) is 5.33. The molecule has 0 aromatic carbocycles. The van der Waals surface area contributed by atoms with Crippen molar-refractivity contribution in [3.8, 4) is 0 Å². The predicted molar refractivity (Wildman–Crippen MR) is 79.1 cm³/mol. The van der Waals surface area contributed by atoms with Crippen molar-refractivity contribution in [3.05, 3.63) is 0 Å². The fourth-order valence-corrected chi connectivity index (χ4v) is 3.61. The van der Waals surface area contributed by atoms with Gasteiger partial charge in [-0.25, -0.2) is 4.79 Å². The predicted octanol–water partition coefficient (Wildman–Crippen LogP) is 0.682. The average Bonchev–Trinajstić information content (AvgIpc) is 2.40. The van der Waals surface area contributed by atoms with Crippen LogP contribution in [0.15, 0.2) is 0 Å². The molecule has 0 aromatic rings. The number of thioether (sulfide) groups is 1. The molecule has 20 heavy (non-hydrogen) atoms. The minimum atomic E-state index is -0.787. The third-order valence-electron chi connectivity index (χ3n) is 4.00. The average molecular weight is 301 g/mol. The van der Waals surface area contributed by atoms with Gasteiger partial charge in [0, 0.05) is 36.7 Å². The van der Waals surface area contributed by atoms with Gasteiger partial charge in [0.1, 0.15) is 0 Å². The molecule has 0 atom stereocenters. The van der Waals surface area contributed by atoms with Gasteiger partial charge in [-0.1, -0.05) is 6.92 Å². The highest BCUT2D eigenvalue weighted by molar-refractivity contribution is 7.99. The first-order valence-electron chi connectivity index (χ1n) is 7.19. The molecule has 0 aromatic heterocycles. The molecule has 1 aliphatic heterocycles. The molecule has 2 fully saturated rings. The number of carbonyl (C=O) groups is 2. The minimum absolute atomic E-state index is 0.0371. The smallest absolute Gasteiger partial charge is 0.317 e. The van der Waals surface area contributed by atoms with Crippen LogP contribution < -0.4 is 5.32 Å². The van der Waals surface area contributed by atoms with E-state index in [9.17, 15) is 9.59 Å². The van der Waals surface area contributed by atoms with Gasteiger partial charge >= 0.3 is 12.0 Å². The molecule has 0 unspecified atom stereocenters. The molecule has 0 radical (unpaired) electrons. The Labute approximate surface area is 123 Å². The van der Waals surface area contributed by atoms with Crippen LogP contribution in [0.5, 0.6) is 0 Å². The van der Waals surface area contributed by atoms with Gasteiger partial charge in [-0.2, -0.15) is 11.8 Å². The van der Waals surface area contributed by atoms with Gasteiger partial charge in [-0.3, -0.25) is 9.69 Å². The molecule has 0 bridgehead atoms. The van der Waals surface area contributed by atoms with Crippen LogP contribution in [-0.2, 0) is 4.79 Å². The maximum atomic E-state index is 12.0. The van der Waals surface area contributed by atoms with Crippen molar-refractivity contribution in [1.29, 1.82) is 0 Å². The van der Waals surface area contributed by atoms with Crippen molar-refractivity contribution in [2.45, 2.75) is 31.8 Å². The maximum Gasteiger partial charge on any atom is 0.317 e. The molecule has 114 valence electrons. The van der Waals surface area contributed by atoms with E-state index in [-0.39, 0.29) is 18.6 Å². The summed E-state index contributed by atoms with van der Waals surface area (Å²) in [6.07, 6.45) is 1.71. The summed E-state index contributed by atoms with van der Waals surface area (Å²) in [7, 11) is 0. The van der Waals surface area contributed by atoms with E-state index in [2.05, 4.69) is 5.32 Å². The zero-order valence-electron chi connectivity index (χ0n) is 11.9. The van der Waals surface area contributed by atoms with Crippen LogP contribution in [0, 0.1) is 0 Å². The third kappa shape index (κ3) is 4.02. The molecule has 2 aliphatic rings. The van der Waals surface area contributed by atoms with Crippen molar-refractivity contribution in [1.82, 2.24) is 15.1 Å². The first-order valence-corrected chi connectivity index (χ1v) is 8.34. The summed E-state index contributed by atoms with van der Waals surface area (Å²) >= 11 is 1.88. The van der Waals surface area contributed by atoms with E-state index < -0.39 is 5.97 Å².